The van der Waals surface area contributed by atoms with Crippen molar-refractivity contribution in [2.75, 3.05) is 11.2 Å². The molecule has 2 rings (SSSR count). The fourth-order valence-corrected chi connectivity index (χ4v) is 2.99. The molecule has 1 N–H and O–H groups in total. The summed E-state index contributed by atoms with van der Waals surface area (Å²) < 4.78 is 1.14. The van der Waals surface area contributed by atoms with Crippen LogP contribution >= 0.6 is 22.9 Å². The van der Waals surface area contributed by atoms with Crippen molar-refractivity contribution < 1.29 is 0 Å². The van der Waals surface area contributed by atoms with E-state index in [1.807, 2.05) is 0 Å². The number of hydrogen-bond donors (Lipinski definition) is 1. The molecule has 0 saturated heterocycles. The zero-order valence-corrected chi connectivity index (χ0v) is 11.6. The van der Waals surface area contributed by atoms with Crippen LogP contribution in [0.5, 0.6) is 0 Å². The number of anilines is 1. The minimum atomic E-state index is 0.382. The van der Waals surface area contributed by atoms with Crippen molar-refractivity contribution in [1.82, 2.24) is 9.97 Å². The van der Waals surface area contributed by atoms with Crippen LogP contribution in [-0.4, -0.2) is 21.9 Å². The molecule has 2 aromatic heterocycles. The SMILES string of the molecule is CCC(CCCl)Nc1ncnc2c(C)csc12. The summed E-state index contributed by atoms with van der Waals surface area (Å²) in [4.78, 5) is 8.65. The molecule has 3 nitrogen and oxygen atoms in total. The largest absolute Gasteiger partial charge is 0.366 e. The molecular weight excluding hydrogens is 254 g/mol. The Kier molecular flexibility index (Phi) is 4.18. The van der Waals surface area contributed by atoms with Gasteiger partial charge in [-0.25, -0.2) is 9.97 Å². The molecular formula is C12H16ClN3S. The lowest BCUT2D eigenvalue weighted by Crippen LogP contribution is -2.19. The molecule has 5 heteroatoms. The molecule has 0 fully saturated rings. The maximum atomic E-state index is 5.79. The van der Waals surface area contributed by atoms with Crippen LogP contribution in [-0.2, 0) is 0 Å². The monoisotopic (exact) mass is 269 g/mol. The number of aromatic nitrogens is 2. The molecule has 0 amide bonds. The summed E-state index contributed by atoms with van der Waals surface area (Å²) in [6, 6.07) is 0.382. The number of nitrogens with one attached hydrogen (secondary N) is 1. The van der Waals surface area contributed by atoms with Crippen LogP contribution in [0.25, 0.3) is 10.2 Å². The van der Waals surface area contributed by atoms with E-state index < -0.39 is 0 Å². The van der Waals surface area contributed by atoms with Crippen LogP contribution in [0.3, 0.4) is 0 Å². The van der Waals surface area contributed by atoms with Gasteiger partial charge >= 0.3 is 0 Å². The van der Waals surface area contributed by atoms with Crippen LogP contribution in [0.2, 0.25) is 0 Å². The third-order valence-corrected chi connectivity index (χ3v) is 4.13. The van der Waals surface area contributed by atoms with Gasteiger partial charge in [-0.1, -0.05) is 6.92 Å². The van der Waals surface area contributed by atoms with E-state index in [0.29, 0.717) is 11.9 Å². The Morgan fingerprint density at radius 1 is 1.47 bits per heavy atom. The first-order valence-electron chi connectivity index (χ1n) is 5.77. The topological polar surface area (TPSA) is 37.8 Å². The van der Waals surface area contributed by atoms with Crippen molar-refractivity contribution in [3.05, 3.63) is 17.3 Å². The fourth-order valence-electron chi connectivity index (χ4n) is 1.78. The number of halogens is 1. The second-order valence-electron chi connectivity index (χ2n) is 4.05. The first-order valence-corrected chi connectivity index (χ1v) is 7.19. The molecule has 92 valence electrons. The van der Waals surface area contributed by atoms with Gasteiger partial charge in [0.15, 0.2) is 0 Å². The highest BCUT2D eigenvalue weighted by Crippen LogP contribution is 2.29. The molecule has 0 aliphatic heterocycles. The molecule has 0 aliphatic carbocycles. The van der Waals surface area contributed by atoms with Gasteiger partial charge in [0.2, 0.25) is 0 Å². The molecule has 1 atom stereocenters. The standard InChI is InChI=1S/C12H16ClN3S/c1-3-9(4-5-13)16-12-11-10(14-7-15-12)8(2)6-17-11/h6-7,9H,3-5H2,1-2H3,(H,14,15,16). The lowest BCUT2D eigenvalue weighted by atomic mass is 10.2. The van der Waals surface area contributed by atoms with Crippen molar-refractivity contribution in [2.24, 2.45) is 0 Å². The third-order valence-electron chi connectivity index (χ3n) is 2.82. The Balaban J connectivity index is 2.29. The Labute approximate surface area is 110 Å². The van der Waals surface area contributed by atoms with E-state index in [4.69, 9.17) is 11.6 Å². The quantitative estimate of drug-likeness (QED) is 0.839. The number of thiophene rings is 1. The van der Waals surface area contributed by atoms with Crippen molar-refractivity contribution >= 4 is 39.0 Å². The lowest BCUT2D eigenvalue weighted by Gasteiger charge is -2.16. The van der Waals surface area contributed by atoms with E-state index in [9.17, 15) is 0 Å². The van der Waals surface area contributed by atoms with E-state index in [1.165, 1.54) is 5.56 Å². The third kappa shape index (κ3) is 2.69. The first-order chi connectivity index (χ1) is 8.26. The van der Waals surface area contributed by atoms with Gasteiger partial charge in [-0.05, 0) is 30.7 Å². The van der Waals surface area contributed by atoms with Crippen LogP contribution in [0.1, 0.15) is 25.3 Å². The molecule has 1 unspecified atom stereocenters. The highest BCUT2D eigenvalue weighted by molar-refractivity contribution is 7.18. The van der Waals surface area contributed by atoms with Gasteiger partial charge in [-0.2, -0.15) is 0 Å². The number of rotatable bonds is 5. The average Bonchev–Trinajstić information content (AvgIpc) is 2.72. The second-order valence-corrected chi connectivity index (χ2v) is 5.30. The number of hydrogen-bond acceptors (Lipinski definition) is 4. The summed E-state index contributed by atoms with van der Waals surface area (Å²) in [5, 5.41) is 5.58. The van der Waals surface area contributed by atoms with E-state index >= 15 is 0 Å². The van der Waals surface area contributed by atoms with E-state index in [-0.39, 0.29) is 0 Å². The van der Waals surface area contributed by atoms with Gasteiger partial charge in [0.25, 0.3) is 0 Å². The molecule has 0 aromatic carbocycles. The summed E-state index contributed by atoms with van der Waals surface area (Å²) in [7, 11) is 0. The first kappa shape index (κ1) is 12.6. The van der Waals surface area contributed by atoms with Crippen LogP contribution < -0.4 is 5.32 Å². The molecule has 0 aliphatic rings. The number of nitrogens with zero attached hydrogens (tertiary/aromatic N) is 2. The summed E-state index contributed by atoms with van der Waals surface area (Å²) in [5.41, 5.74) is 2.26. The van der Waals surface area contributed by atoms with Gasteiger partial charge in [-0.15, -0.1) is 22.9 Å². The minimum absolute atomic E-state index is 0.382. The maximum absolute atomic E-state index is 5.79. The zero-order chi connectivity index (χ0) is 12.3. The molecule has 0 saturated carbocycles. The Morgan fingerprint density at radius 2 is 2.29 bits per heavy atom. The highest BCUT2D eigenvalue weighted by Gasteiger charge is 2.11. The minimum Gasteiger partial charge on any atom is -0.366 e. The van der Waals surface area contributed by atoms with Gasteiger partial charge in [0, 0.05) is 11.9 Å². The predicted octanol–water partition coefficient (Wildman–Crippen LogP) is 3.82. The molecule has 2 heterocycles. The van der Waals surface area contributed by atoms with Crippen LogP contribution in [0.4, 0.5) is 5.82 Å². The molecule has 0 spiro atoms. The summed E-state index contributed by atoms with van der Waals surface area (Å²) in [5.74, 6) is 1.61. The number of alkyl halides is 1. The smallest absolute Gasteiger partial charge is 0.147 e. The van der Waals surface area contributed by atoms with Crippen molar-refractivity contribution in [3.8, 4) is 0 Å². The van der Waals surface area contributed by atoms with E-state index in [2.05, 4.69) is 34.5 Å². The van der Waals surface area contributed by atoms with Crippen molar-refractivity contribution in [1.29, 1.82) is 0 Å². The van der Waals surface area contributed by atoms with Gasteiger partial charge in [0.1, 0.15) is 12.1 Å². The Hall–Kier alpha value is -0.870. The summed E-state index contributed by atoms with van der Waals surface area (Å²) in [6.45, 7) is 4.23. The fraction of sp³-hybridized carbons (Fsp3) is 0.500. The molecule has 0 bridgehead atoms. The van der Waals surface area contributed by atoms with E-state index in [0.717, 1.165) is 28.9 Å². The van der Waals surface area contributed by atoms with Gasteiger partial charge in [-0.3, -0.25) is 0 Å². The van der Waals surface area contributed by atoms with E-state index in [1.54, 1.807) is 17.7 Å². The Bertz CT molecular complexity index is 497. The van der Waals surface area contributed by atoms with Crippen molar-refractivity contribution in [3.63, 3.8) is 0 Å². The number of aryl methyl sites for hydroxylation is 1. The normalized spacial score (nSPS) is 12.9. The summed E-state index contributed by atoms with van der Waals surface area (Å²) >= 11 is 7.48. The van der Waals surface area contributed by atoms with Gasteiger partial charge in [0.05, 0.1) is 10.2 Å². The van der Waals surface area contributed by atoms with Crippen LogP contribution in [0, 0.1) is 6.92 Å². The molecule has 17 heavy (non-hydrogen) atoms. The second kappa shape index (κ2) is 5.65. The predicted molar refractivity (Wildman–Crippen MR) is 75.2 cm³/mol. The Morgan fingerprint density at radius 3 is 3.00 bits per heavy atom. The maximum Gasteiger partial charge on any atom is 0.147 e. The zero-order valence-electron chi connectivity index (χ0n) is 10.0. The van der Waals surface area contributed by atoms with Crippen molar-refractivity contribution in [2.45, 2.75) is 32.7 Å². The molecule has 2 aromatic rings. The highest BCUT2D eigenvalue weighted by atomic mass is 35.5. The molecule has 0 radical (unpaired) electrons. The van der Waals surface area contributed by atoms with Gasteiger partial charge < -0.3 is 5.32 Å². The van der Waals surface area contributed by atoms with Crippen LogP contribution in [0.15, 0.2) is 11.7 Å². The number of fused-ring (bicyclic) bond motifs is 1. The lowest BCUT2D eigenvalue weighted by molar-refractivity contribution is 0.673. The summed E-state index contributed by atoms with van der Waals surface area (Å²) in [6.07, 6.45) is 3.62. The average molecular weight is 270 g/mol.